The van der Waals surface area contributed by atoms with Crippen LogP contribution in [0.2, 0.25) is 5.02 Å². The number of carboxylic acid groups (broad SMARTS) is 1. The summed E-state index contributed by atoms with van der Waals surface area (Å²) >= 11 is 5.96. The van der Waals surface area contributed by atoms with Crippen molar-refractivity contribution in [2.45, 2.75) is 0 Å². The summed E-state index contributed by atoms with van der Waals surface area (Å²) in [6, 6.07) is 13.2. The van der Waals surface area contributed by atoms with Gasteiger partial charge in [0.1, 0.15) is 11.5 Å². The molecule has 134 valence electrons. The van der Waals surface area contributed by atoms with E-state index in [2.05, 4.69) is 15.0 Å². The number of fused-ring (bicyclic) bond motifs is 1. The third-order valence-corrected chi connectivity index (χ3v) is 4.25. The first kappa shape index (κ1) is 16.9. The standard InChI is InChI=1S/C19H12ClN3O4/c20-14-7-10(1-4-13(14)18(24)25)17-6-3-12(27-17)9-21-11-2-5-15-16(8-11)23-19(26)22-15/h1-9H,(H,24,25)(H2,22,23,26)/p-1. The van der Waals surface area contributed by atoms with E-state index in [0.29, 0.717) is 33.8 Å². The molecular formula is C19H11ClN3O4-. The number of benzene rings is 2. The van der Waals surface area contributed by atoms with Crippen molar-refractivity contribution in [1.29, 1.82) is 0 Å². The molecule has 0 aliphatic heterocycles. The number of hydrogen-bond donors (Lipinski definition) is 2. The highest BCUT2D eigenvalue weighted by atomic mass is 35.5. The van der Waals surface area contributed by atoms with Gasteiger partial charge in [-0.15, -0.1) is 0 Å². The van der Waals surface area contributed by atoms with Crippen LogP contribution < -0.4 is 10.8 Å². The van der Waals surface area contributed by atoms with E-state index in [-0.39, 0.29) is 16.3 Å². The van der Waals surface area contributed by atoms with Gasteiger partial charge in [-0.3, -0.25) is 4.99 Å². The summed E-state index contributed by atoms with van der Waals surface area (Å²) < 4.78 is 5.70. The molecule has 0 atom stereocenters. The summed E-state index contributed by atoms with van der Waals surface area (Å²) in [6.45, 7) is 0. The Labute approximate surface area is 156 Å². The molecule has 8 heteroatoms. The lowest BCUT2D eigenvalue weighted by atomic mass is 10.1. The van der Waals surface area contributed by atoms with Crippen molar-refractivity contribution in [3.05, 3.63) is 75.4 Å². The molecular weight excluding hydrogens is 370 g/mol. The Bertz CT molecular complexity index is 1250. The fourth-order valence-electron chi connectivity index (χ4n) is 2.65. The molecule has 0 spiro atoms. The average Bonchev–Trinajstić information content (AvgIpc) is 3.24. The summed E-state index contributed by atoms with van der Waals surface area (Å²) in [5, 5.41) is 11.0. The first-order valence-electron chi connectivity index (χ1n) is 7.87. The van der Waals surface area contributed by atoms with Crippen LogP contribution in [-0.4, -0.2) is 22.2 Å². The molecule has 0 fully saturated rings. The molecule has 2 heterocycles. The number of H-pyrrole nitrogens is 2. The maximum atomic E-state index is 11.3. The second kappa shape index (κ2) is 6.62. The minimum absolute atomic E-state index is 0.0768. The number of carboxylic acids is 1. The Morgan fingerprint density at radius 2 is 1.89 bits per heavy atom. The largest absolute Gasteiger partial charge is 0.545 e. The first-order chi connectivity index (χ1) is 13.0. The molecule has 2 aromatic heterocycles. The molecule has 0 aliphatic rings. The number of aromatic nitrogens is 2. The summed E-state index contributed by atoms with van der Waals surface area (Å²) in [7, 11) is 0. The van der Waals surface area contributed by atoms with Crippen molar-refractivity contribution >= 4 is 40.5 Å². The molecule has 0 saturated heterocycles. The number of nitrogens with zero attached hydrogens (tertiary/aromatic N) is 1. The number of aromatic carboxylic acids is 1. The van der Waals surface area contributed by atoms with Crippen LogP contribution >= 0.6 is 11.6 Å². The molecule has 7 nitrogen and oxygen atoms in total. The molecule has 2 N–H and O–H groups in total. The predicted molar refractivity (Wildman–Crippen MR) is 99.7 cm³/mol. The second-order valence-electron chi connectivity index (χ2n) is 5.75. The minimum Gasteiger partial charge on any atom is -0.545 e. The van der Waals surface area contributed by atoms with Gasteiger partial charge in [-0.05, 0) is 36.4 Å². The number of carbonyl (C=O) groups excluding carboxylic acids is 1. The number of imidazole rings is 1. The van der Waals surface area contributed by atoms with Gasteiger partial charge in [-0.1, -0.05) is 23.7 Å². The van der Waals surface area contributed by atoms with Gasteiger partial charge in [0.2, 0.25) is 0 Å². The lowest BCUT2D eigenvalue weighted by Crippen LogP contribution is -2.22. The molecule has 4 aromatic rings. The number of rotatable bonds is 4. The van der Waals surface area contributed by atoms with Gasteiger partial charge in [0.05, 0.1) is 33.9 Å². The Hall–Kier alpha value is -3.58. The fraction of sp³-hybridized carbons (Fsp3) is 0. The van der Waals surface area contributed by atoms with Gasteiger partial charge in [0.25, 0.3) is 0 Å². The highest BCUT2D eigenvalue weighted by molar-refractivity contribution is 6.33. The van der Waals surface area contributed by atoms with Crippen molar-refractivity contribution in [2.75, 3.05) is 0 Å². The average molecular weight is 381 g/mol. The highest BCUT2D eigenvalue weighted by Crippen LogP contribution is 2.27. The molecule has 4 rings (SSSR count). The lowest BCUT2D eigenvalue weighted by Gasteiger charge is -2.06. The van der Waals surface area contributed by atoms with Gasteiger partial charge in [0.15, 0.2) is 0 Å². The molecule has 27 heavy (non-hydrogen) atoms. The maximum absolute atomic E-state index is 11.3. The fourth-order valence-corrected chi connectivity index (χ4v) is 2.91. The molecule has 0 saturated carbocycles. The van der Waals surface area contributed by atoms with Crippen LogP contribution in [-0.2, 0) is 0 Å². The summed E-state index contributed by atoms with van der Waals surface area (Å²) in [6.07, 6.45) is 1.55. The zero-order valence-corrected chi connectivity index (χ0v) is 14.4. The number of aliphatic imine (C=N–C) groups is 1. The van der Waals surface area contributed by atoms with Crippen LogP contribution in [0.15, 0.2) is 62.7 Å². The Kier molecular flexibility index (Phi) is 4.13. The van der Waals surface area contributed by atoms with E-state index in [1.165, 1.54) is 12.1 Å². The summed E-state index contributed by atoms with van der Waals surface area (Å²) in [4.78, 5) is 31.9. The number of hydrogen-bond acceptors (Lipinski definition) is 5. The van der Waals surface area contributed by atoms with Crippen molar-refractivity contribution in [3.8, 4) is 11.3 Å². The molecule has 0 radical (unpaired) electrons. The van der Waals surface area contributed by atoms with Crippen molar-refractivity contribution < 1.29 is 14.3 Å². The van der Waals surface area contributed by atoms with Gasteiger partial charge in [0, 0.05) is 11.1 Å². The third kappa shape index (κ3) is 3.40. The quantitative estimate of drug-likeness (QED) is 0.530. The summed E-state index contributed by atoms with van der Waals surface area (Å²) in [5.74, 6) is -0.305. The van der Waals surface area contributed by atoms with E-state index < -0.39 is 5.97 Å². The Balaban J connectivity index is 1.58. The maximum Gasteiger partial charge on any atom is 0.323 e. The van der Waals surface area contributed by atoms with E-state index in [4.69, 9.17) is 16.0 Å². The SMILES string of the molecule is O=C([O-])c1ccc(-c2ccc(C=Nc3ccc4[nH]c(=O)[nH]c4c3)o2)cc1Cl. The van der Waals surface area contributed by atoms with E-state index in [1.54, 1.807) is 42.6 Å². The second-order valence-corrected chi connectivity index (χ2v) is 6.16. The number of carbonyl (C=O) groups is 1. The van der Waals surface area contributed by atoms with E-state index in [9.17, 15) is 14.7 Å². The zero-order chi connectivity index (χ0) is 19.0. The topological polar surface area (TPSA) is 114 Å². The monoisotopic (exact) mass is 380 g/mol. The van der Waals surface area contributed by atoms with E-state index in [1.807, 2.05) is 0 Å². The Morgan fingerprint density at radius 1 is 1.07 bits per heavy atom. The lowest BCUT2D eigenvalue weighted by molar-refractivity contribution is -0.255. The van der Waals surface area contributed by atoms with Crippen LogP contribution in [0.25, 0.3) is 22.4 Å². The molecule has 0 aliphatic carbocycles. The number of nitrogens with one attached hydrogen (secondary N) is 2. The third-order valence-electron chi connectivity index (χ3n) is 3.94. The van der Waals surface area contributed by atoms with Crippen LogP contribution in [0.4, 0.5) is 5.69 Å². The molecule has 0 amide bonds. The smallest absolute Gasteiger partial charge is 0.323 e. The van der Waals surface area contributed by atoms with Crippen LogP contribution in [0.1, 0.15) is 16.1 Å². The van der Waals surface area contributed by atoms with Gasteiger partial charge >= 0.3 is 5.69 Å². The molecule has 2 aromatic carbocycles. The number of aromatic amines is 2. The first-order valence-corrected chi connectivity index (χ1v) is 8.24. The Morgan fingerprint density at radius 3 is 2.67 bits per heavy atom. The summed E-state index contributed by atoms with van der Waals surface area (Å²) in [5.41, 5.74) is 2.30. The van der Waals surface area contributed by atoms with Gasteiger partial charge < -0.3 is 24.3 Å². The van der Waals surface area contributed by atoms with Crippen LogP contribution in [0, 0.1) is 0 Å². The molecule has 0 unspecified atom stereocenters. The van der Waals surface area contributed by atoms with Crippen molar-refractivity contribution in [2.24, 2.45) is 4.99 Å². The van der Waals surface area contributed by atoms with E-state index >= 15 is 0 Å². The number of furan rings is 1. The minimum atomic E-state index is -1.33. The van der Waals surface area contributed by atoms with Crippen molar-refractivity contribution in [1.82, 2.24) is 9.97 Å². The van der Waals surface area contributed by atoms with Gasteiger partial charge in [-0.2, -0.15) is 0 Å². The van der Waals surface area contributed by atoms with E-state index in [0.717, 1.165) is 0 Å². The van der Waals surface area contributed by atoms with Crippen molar-refractivity contribution in [3.63, 3.8) is 0 Å². The highest BCUT2D eigenvalue weighted by Gasteiger charge is 2.08. The van der Waals surface area contributed by atoms with Crippen LogP contribution in [0.3, 0.4) is 0 Å². The van der Waals surface area contributed by atoms with Crippen LogP contribution in [0.5, 0.6) is 0 Å². The van der Waals surface area contributed by atoms with Gasteiger partial charge in [-0.25, -0.2) is 4.79 Å². The predicted octanol–water partition coefficient (Wildman–Crippen LogP) is 2.88. The number of halogens is 1. The molecule has 0 bridgehead atoms. The zero-order valence-electron chi connectivity index (χ0n) is 13.7. The normalized spacial score (nSPS) is 11.4.